The minimum Gasteiger partial charge on any atom is -0.258 e. The largest absolute Gasteiger partial charge is 0.269 e. The number of nitro groups is 1. The molecule has 2 aromatic rings. The van der Waals surface area contributed by atoms with Crippen molar-refractivity contribution in [3.05, 3.63) is 69.2 Å². The second kappa shape index (κ2) is 6.66. The van der Waals surface area contributed by atoms with Crippen LogP contribution in [-0.2, 0) is 10.0 Å². The van der Waals surface area contributed by atoms with Crippen molar-refractivity contribution in [2.24, 2.45) is 0 Å². The molecule has 0 saturated heterocycles. The molecule has 0 N–H and O–H groups in total. The first kappa shape index (κ1) is 17.4. The average Bonchev–Trinajstić information content (AvgIpc) is 2.53. The molecule has 0 saturated carbocycles. The van der Waals surface area contributed by atoms with E-state index in [0.717, 1.165) is 4.31 Å². The van der Waals surface area contributed by atoms with Crippen molar-refractivity contribution in [3.8, 4) is 0 Å². The molecule has 0 aliphatic rings. The van der Waals surface area contributed by atoms with Gasteiger partial charge in [0.1, 0.15) is 4.90 Å². The third-order valence-corrected chi connectivity index (χ3v) is 6.03. The highest BCUT2D eigenvalue weighted by Gasteiger charge is 2.28. The Morgan fingerprint density at radius 1 is 1.17 bits per heavy atom. The molecule has 0 spiro atoms. The number of halogens is 1. The Balaban J connectivity index is 2.39. The van der Waals surface area contributed by atoms with Crippen molar-refractivity contribution in [1.29, 1.82) is 0 Å². The normalized spacial score (nSPS) is 13.0. The van der Waals surface area contributed by atoms with Crippen LogP contribution in [-0.4, -0.2) is 24.7 Å². The molecule has 0 aliphatic carbocycles. The molecule has 0 aliphatic heterocycles. The lowest BCUT2D eigenvalue weighted by Gasteiger charge is -2.25. The first-order valence-corrected chi connectivity index (χ1v) is 8.54. The summed E-state index contributed by atoms with van der Waals surface area (Å²) in [6.45, 7) is 1.66. The molecule has 0 bridgehead atoms. The zero-order valence-corrected chi connectivity index (χ0v) is 14.1. The van der Waals surface area contributed by atoms with Crippen molar-refractivity contribution >= 4 is 27.3 Å². The first-order chi connectivity index (χ1) is 10.7. The van der Waals surface area contributed by atoms with Gasteiger partial charge in [-0.05, 0) is 24.6 Å². The first-order valence-electron chi connectivity index (χ1n) is 6.72. The summed E-state index contributed by atoms with van der Waals surface area (Å²) in [5, 5.41) is 11.0. The standard InChI is InChI=1S/C15H15ClN2O4S/c1-11(12-6-5-7-13(10-12)18(19)20)17(2)23(21,22)15-9-4-3-8-14(15)16/h3-11H,1-2H3. The summed E-state index contributed by atoms with van der Waals surface area (Å²) in [5.41, 5.74) is 0.440. The van der Waals surface area contributed by atoms with Crippen LogP contribution in [0.5, 0.6) is 0 Å². The third-order valence-electron chi connectivity index (χ3n) is 3.60. The van der Waals surface area contributed by atoms with Crippen LogP contribution in [0, 0.1) is 10.1 Å². The molecule has 1 unspecified atom stereocenters. The molecule has 0 radical (unpaired) electrons. The van der Waals surface area contributed by atoms with E-state index in [0.29, 0.717) is 5.56 Å². The summed E-state index contributed by atoms with van der Waals surface area (Å²) >= 11 is 5.98. The molecule has 2 rings (SSSR count). The predicted octanol–water partition coefficient (Wildman–Crippen LogP) is 3.63. The van der Waals surface area contributed by atoms with Gasteiger partial charge < -0.3 is 0 Å². The second-order valence-electron chi connectivity index (χ2n) is 4.98. The number of nitrogens with zero attached hydrogens (tertiary/aromatic N) is 2. The number of hydrogen-bond donors (Lipinski definition) is 0. The quantitative estimate of drug-likeness (QED) is 0.606. The van der Waals surface area contributed by atoms with E-state index in [4.69, 9.17) is 11.6 Å². The molecule has 0 fully saturated rings. The Morgan fingerprint density at radius 3 is 2.43 bits per heavy atom. The lowest BCUT2D eigenvalue weighted by molar-refractivity contribution is -0.384. The van der Waals surface area contributed by atoms with Crippen molar-refractivity contribution in [3.63, 3.8) is 0 Å². The SMILES string of the molecule is CC(c1cccc([N+](=O)[O-])c1)N(C)S(=O)(=O)c1ccccc1Cl. The summed E-state index contributed by atoms with van der Waals surface area (Å²) in [4.78, 5) is 10.4. The summed E-state index contributed by atoms with van der Waals surface area (Å²) in [7, 11) is -2.40. The Kier molecular flexibility index (Phi) is 5.03. The molecule has 6 nitrogen and oxygen atoms in total. The molecule has 2 aromatic carbocycles. The Labute approximate surface area is 139 Å². The molecule has 0 aromatic heterocycles. The Morgan fingerprint density at radius 2 is 1.83 bits per heavy atom. The minimum atomic E-state index is -3.82. The van der Waals surface area contributed by atoms with E-state index in [1.54, 1.807) is 25.1 Å². The zero-order valence-electron chi connectivity index (χ0n) is 12.5. The van der Waals surface area contributed by atoms with Gasteiger partial charge in [-0.15, -0.1) is 0 Å². The van der Waals surface area contributed by atoms with E-state index < -0.39 is 21.0 Å². The number of nitro benzene ring substituents is 1. The summed E-state index contributed by atoms with van der Waals surface area (Å²) in [6.07, 6.45) is 0. The maximum Gasteiger partial charge on any atom is 0.269 e. The van der Waals surface area contributed by atoms with Crippen LogP contribution in [0.1, 0.15) is 18.5 Å². The minimum absolute atomic E-state index is 0.00134. The van der Waals surface area contributed by atoms with Gasteiger partial charge in [0.15, 0.2) is 0 Å². The van der Waals surface area contributed by atoms with Crippen LogP contribution in [0.4, 0.5) is 5.69 Å². The number of benzene rings is 2. The highest BCUT2D eigenvalue weighted by Crippen LogP contribution is 2.30. The van der Waals surface area contributed by atoms with E-state index in [2.05, 4.69) is 0 Å². The fourth-order valence-corrected chi connectivity index (χ4v) is 3.97. The van der Waals surface area contributed by atoms with Crippen LogP contribution >= 0.6 is 11.6 Å². The third kappa shape index (κ3) is 3.52. The Hall–Kier alpha value is -1.96. The number of rotatable bonds is 5. The van der Waals surface area contributed by atoms with Crippen LogP contribution in [0.2, 0.25) is 5.02 Å². The van der Waals surface area contributed by atoms with Crippen molar-refractivity contribution in [1.82, 2.24) is 4.31 Å². The topological polar surface area (TPSA) is 80.5 Å². The highest BCUT2D eigenvalue weighted by atomic mass is 35.5. The molecule has 0 heterocycles. The van der Waals surface area contributed by atoms with Crippen LogP contribution in [0.25, 0.3) is 0 Å². The van der Waals surface area contributed by atoms with Gasteiger partial charge in [0.2, 0.25) is 10.0 Å². The van der Waals surface area contributed by atoms with E-state index >= 15 is 0 Å². The lowest BCUT2D eigenvalue weighted by Crippen LogP contribution is -2.30. The summed E-state index contributed by atoms with van der Waals surface area (Å²) < 4.78 is 26.5. The molecule has 122 valence electrons. The summed E-state index contributed by atoms with van der Waals surface area (Å²) in [5.74, 6) is 0. The Bertz CT molecular complexity index is 839. The maximum atomic E-state index is 12.7. The van der Waals surface area contributed by atoms with Gasteiger partial charge in [0.05, 0.1) is 9.95 Å². The highest BCUT2D eigenvalue weighted by molar-refractivity contribution is 7.89. The monoisotopic (exact) mass is 354 g/mol. The van der Waals surface area contributed by atoms with Gasteiger partial charge in [0.25, 0.3) is 5.69 Å². The fraction of sp³-hybridized carbons (Fsp3) is 0.200. The van der Waals surface area contributed by atoms with Crippen molar-refractivity contribution < 1.29 is 13.3 Å². The van der Waals surface area contributed by atoms with Gasteiger partial charge >= 0.3 is 0 Å². The zero-order chi connectivity index (χ0) is 17.2. The number of non-ortho nitro benzene ring substituents is 1. The van der Waals surface area contributed by atoms with Gasteiger partial charge in [-0.3, -0.25) is 10.1 Å². The van der Waals surface area contributed by atoms with E-state index in [1.165, 1.54) is 37.4 Å². The summed E-state index contributed by atoms with van der Waals surface area (Å²) in [6, 6.07) is 11.5. The average molecular weight is 355 g/mol. The van der Waals surface area contributed by atoms with Crippen LogP contribution < -0.4 is 0 Å². The fourth-order valence-electron chi connectivity index (χ4n) is 2.13. The van der Waals surface area contributed by atoms with Gasteiger partial charge in [0, 0.05) is 25.2 Å². The molecule has 1 atom stereocenters. The molecule has 8 heteroatoms. The molecular weight excluding hydrogens is 340 g/mol. The van der Waals surface area contributed by atoms with Crippen LogP contribution in [0.15, 0.2) is 53.4 Å². The van der Waals surface area contributed by atoms with Gasteiger partial charge in [-0.25, -0.2) is 8.42 Å². The van der Waals surface area contributed by atoms with E-state index in [9.17, 15) is 18.5 Å². The predicted molar refractivity (Wildman–Crippen MR) is 87.9 cm³/mol. The van der Waals surface area contributed by atoms with Crippen LogP contribution in [0.3, 0.4) is 0 Å². The molecular formula is C15H15ClN2O4S. The number of hydrogen-bond acceptors (Lipinski definition) is 4. The number of sulfonamides is 1. The van der Waals surface area contributed by atoms with E-state index in [-0.39, 0.29) is 15.6 Å². The van der Waals surface area contributed by atoms with Gasteiger partial charge in [-0.2, -0.15) is 4.31 Å². The van der Waals surface area contributed by atoms with E-state index in [1.807, 2.05) is 0 Å². The maximum absolute atomic E-state index is 12.7. The second-order valence-corrected chi connectivity index (χ2v) is 7.35. The lowest BCUT2D eigenvalue weighted by atomic mass is 10.1. The smallest absolute Gasteiger partial charge is 0.258 e. The van der Waals surface area contributed by atoms with Gasteiger partial charge in [-0.1, -0.05) is 35.9 Å². The van der Waals surface area contributed by atoms with Crippen molar-refractivity contribution in [2.45, 2.75) is 17.9 Å². The molecule has 23 heavy (non-hydrogen) atoms. The molecule has 0 amide bonds. The van der Waals surface area contributed by atoms with Crippen molar-refractivity contribution in [2.75, 3.05) is 7.05 Å².